The molecular formula is C11H16O2S. The maximum atomic E-state index is 9.46. The minimum Gasteiger partial charge on any atom is -0.507 e. The van der Waals surface area contributed by atoms with E-state index in [1.54, 1.807) is 12.1 Å². The molecule has 0 aliphatic heterocycles. The fraction of sp³-hybridized carbons (Fsp3) is 0.455. The van der Waals surface area contributed by atoms with E-state index >= 15 is 0 Å². The van der Waals surface area contributed by atoms with Gasteiger partial charge in [0.1, 0.15) is 17.1 Å². The fourth-order valence-corrected chi connectivity index (χ4v) is 1.59. The molecule has 0 aliphatic rings. The Labute approximate surface area is 89.3 Å². The van der Waals surface area contributed by atoms with E-state index in [-0.39, 0.29) is 5.60 Å². The van der Waals surface area contributed by atoms with Gasteiger partial charge in [-0.25, -0.2) is 0 Å². The summed E-state index contributed by atoms with van der Waals surface area (Å²) < 4.78 is 5.67. The van der Waals surface area contributed by atoms with Crippen LogP contribution in [0.5, 0.6) is 11.5 Å². The molecule has 78 valence electrons. The third kappa shape index (κ3) is 3.14. The summed E-state index contributed by atoms with van der Waals surface area (Å²) in [6, 6.07) is 5.29. The fourth-order valence-electron chi connectivity index (χ4n) is 1.07. The van der Waals surface area contributed by atoms with Crippen LogP contribution in [0.4, 0.5) is 0 Å². The topological polar surface area (TPSA) is 29.5 Å². The van der Waals surface area contributed by atoms with Gasteiger partial charge in [-0.15, -0.1) is 11.8 Å². The van der Waals surface area contributed by atoms with E-state index in [9.17, 15) is 5.11 Å². The highest BCUT2D eigenvalue weighted by Crippen LogP contribution is 2.31. The zero-order valence-corrected chi connectivity index (χ0v) is 9.81. The van der Waals surface area contributed by atoms with Crippen molar-refractivity contribution >= 4 is 11.8 Å². The van der Waals surface area contributed by atoms with Gasteiger partial charge >= 0.3 is 0 Å². The van der Waals surface area contributed by atoms with E-state index in [2.05, 4.69) is 0 Å². The Morgan fingerprint density at radius 1 is 1.29 bits per heavy atom. The van der Waals surface area contributed by atoms with Gasteiger partial charge in [0.2, 0.25) is 0 Å². The second-order valence-corrected chi connectivity index (χ2v) is 4.90. The van der Waals surface area contributed by atoms with E-state index < -0.39 is 0 Å². The van der Waals surface area contributed by atoms with Gasteiger partial charge in [-0.3, -0.25) is 0 Å². The van der Waals surface area contributed by atoms with Gasteiger partial charge in [-0.1, -0.05) is 0 Å². The van der Waals surface area contributed by atoms with Gasteiger partial charge in [-0.2, -0.15) is 0 Å². The Morgan fingerprint density at radius 2 is 1.93 bits per heavy atom. The molecule has 0 spiro atoms. The van der Waals surface area contributed by atoms with Crippen molar-refractivity contribution in [1.82, 2.24) is 0 Å². The normalized spacial score (nSPS) is 11.4. The van der Waals surface area contributed by atoms with Crippen molar-refractivity contribution in [2.24, 2.45) is 0 Å². The number of phenols is 1. The molecule has 14 heavy (non-hydrogen) atoms. The third-order valence-electron chi connectivity index (χ3n) is 1.58. The summed E-state index contributed by atoms with van der Waals surface area (Å²) >= 11 is 1.51. The molecule has 2 nitrogen and oxygen atoms in total. The average Bonchev–Trinajstić information content (AvgIpc) is 2.06. The Hall–Kier alpha value is -0.830. The Balaban J connectivity index is 2.90. The van der Waals surface area contributed by atoms with Crippen molar-refractivity contribution in [3.8, 4) is 11.5 Å². The van der Waals surface area contributed by atoms with E-state index in [0.29, 0.717) is 5.75 Å². The molecule has 0 aliphatic carbocycles. The average molecular weight is 212 g/mol. The number of thioether (sulfide) groups is 1. The maximum Gasteiger partial charge on any atom is 0.129 e. The van der Waals surface area contributed by atoms with E-state index in [1.807, 2.05) is 33.1 Å². The third-order valence-corrected chi connectivity index (χ3v) is 2.34. The minimum absolute atomic E-state index is 0.202. The van der Waals surface area contributed by atoms with Crippen LogP contribution in [0.3, 0.4) is 0 Å². The lowest BCUT2D eigenvalue weighted by molar-refractivity contribution is 0.130. The van der Waals surface area contributed by atoms with Crippen molar-refractivity contribution in [3.63, 3.8) is 0 Å². The van der Waals surface area contributed by atoms with Gasteiger partial charge in [0.05, 0.1) is 4.90 Å². The molecule has 0 aromatic heterocycles. The molecule has 0 amide bonds. The van der Waals surface area contributed by atoms with Crippen LogP contribution in [-0.4, -0.2) is 17.0 Å². The second-order valence-electron chi connectivity index (χ2n) is 4.05. The molecule has 0 radical (unpaired) electrons. The summed E-state index contributed by atoms with van der Waals surface area (Å²) in [6.07, 6.45) is 1.93. The molecule has 0 fully saturated rings. The van der Waals surface area contributed by atoms with Crippen molar-refractivity contribution in [3.05, 3.63) is 18.2 Å². The van der Waals surface area contributed by atoms with Crippen LogP contribution in [0.25, 0.3) is 0 Å². The highest BCUT2D eigenvalue weighted by molar-refractivity contribution is 7.98. The van der Waals surface area contributed by atoms with Gasteiger partial charge in [-0.05, 0) is 45.2 Å². The largest absolute Gasteiger partial charge is 0.507 e. The molecule has 1 aromatic rings. The highest BCUT2D eigenvalue weighted by atomic mass is 32.2. The molecular weight excluding hydrogens is 196 g/mol. The standard InChI is InChI=1S/C11H16O2S/c1-11(2,3)13-8-5-6-9(12)10(7-8)14-4/h5-7,12H,1-4H3. The lowest BCUT2D eigenvalue weighted by Crippen LogP contribution is -2.22. The number of hydrogen-bond acceptors (Lipinski definition) is 3. The smallest absolute Gasteiger partial charge is 0.129 e. The van der Waals surface area contributed by atoms with Crippen molar-refractivity contribution in [2.75, 3.05) is 6.26 Å². The van der Waals surface area contributed by atoms with E-state index in [0.717, 1.165) is 10.6 Å². The number of ether oxygens (including phenoxy) is 1. The van der Waals surface area contributed by atoms with Crippen LogP contribution in [0.1, 0.15) is 20.8 Å². The van der Waals surface area contributed by atoms with Crippen LogP contribution < -0.4 is 4.74 Å². The zero-order chi connectivity index (χ0) is 10.8. The van der Waals surface area contributed by atoms with Crippen LogP contribution >= 0.6 is 11.8 Å². The number of aromatic hydroxyl groups is 1. The summed E-state index contributed by atoms with van der Waals surface area (Å²) in [6.45, 7) is 6.00. The van der Waals surface area contributed by atoms with E-state index in [1.165, 1.54) is 11.8 Å². The SMILES string of the molecule is CSc1cc(OC(C)(C)C)ccc1O. The molecule has 1 N–H and O–H groups in total. The lowest BCUT2D eigenvalue weighted by atomic mass is 10.2. The molecule has 0 atom stereocenters. The second kappa shape index (κ2) is 4.13. The number of benzene rings is 1. The van der Waals surface area contributed by atoms with E-state index in [4.69, 9.17) is 4.74 Å². The Bertz CT molecular complexity index is 316. The summed E-state index contributed by atoms with van der Waals surface area (Å²) in [7, 11) is 0. The highest BCUT2D eigenvalue weighted by Gasteiger charge is 2.12. The van der Waals surface area contributed by atoms with Gasteiger partial charge in [0, 0.05) is 0 Å². The molecule has 0 heterocycles. The first kappa shape index (κ1) is 11.2. The summed E-state index contributed by atoms with van der Waals surface area (Å²) in [4.78, 5) is 0.840. The molecule has 0 unspecified atom stereocenters. The van der Waals surface area contributed by atoms with Crippen LogP contribution in [0.2, 0.25) is 0 Å². The predicted octanol–water partition coefficient (Wildman–Crippen LogP) is 3.29. The van der Waals surface area contributed by atoms with Crippen LogP contribution in [0, 0.1) is 0 Å². The summed E-state index contributed by atoms with van der Waals surface area (Å²) in [5, 5.41) is 9.46. The molecule has 0 saturated heterocycles. The summed E-state index contributed by atoms with van der Waals surface area (Å²) in [5.41, 5.74) is -0.202. The number of rotatable bonds is 2. The first-order chi connectivity index (χ1) is 6.42. The van der Waals surface area contributed by atoms with Crippen molar-refractivity contribution < 1.29 is 9.84 Å². The number of phenolic OH excluding ortho intramolecular Hbond substituents is 1. The van der Waals surface area contributed by atoms with Crippen molar-refractivity contribution in [2.45, 2.75) is 31.3 Å². The van der Waals surface area contributed by atoms with Crippen LogP contribution in [0.15, 0.2) is 23.1 Å². The first-order valence-electron chi connectivity index (χ1n) is 4.48. The molecule has 0 bridgehead atoms. The minimum atomic E-state index is -0.202. The first-order valence-corrected chi connectivity index (χ1v) is 5.71. The molecule has 1 rings (SSSR count). The molecule has 3 heteroatoms. The van der Waals surface area contributed by atoms with Gasteiger partial charge < -0.3 is 9.84 Å². The Kier molecular flexibility index (Phi) is 3.32. The molecule has 1 aromatic carbocycles. The van der Waals surface area contributed by atoms with Gasteiger partial charge in [0.25, 0.3) is 0 Å². The quantitative estimate of drug-likeness (QED) is 0.763. The Morgan fingerprint density at radius 3 is 2.43 bits per heavy atom. The summed E-state index contributed by atoms with van der Waals surface area (Å²) in [5.74, 6) is 1.10. The van der Waals surface area contributed by atoms with Crippen molar-refractivity contribution in [1.29, 1.82) is 0 Å². The zero-order valence-electron chi connectivity index (χ0n) is 9.00. The number of hydrogen-bond donors (Lipinski definition) is 1. The monoisotopic (exact) mass is 212 g/mol. The van der Waals surface area contributed by atoms with Crippen LogP contribution in [-0.2, 0) is 0 Å². The predicted molar refractivity (Wildman–Crippen MR) is 60.3 cm³/mol. The van der Waals surface area contributed by atoms with Gasteiger partial charge in [0.15, 0.2) is 0 Å². The lowest BCUT2D eigenvalue weighted by Gasteiger charge is -2.21. The molecule has 0 saturated carbocycles. The maximum absolute atomic E-state index is 9.46.